The minimum Gasteiger partial charge on any atom is -0.482 e. The van der Waals surface area contributed by atoms with Gasteiger partial charge >= 0.3 is 12.1 Å². The highest BCUT2D eigenvalue weighted by atomic mass is 79.9. The second kappa shape index (κ2) is 8.99. The molecule has 0 aromatic heterocycles. The molecule has 0 saturated carbocycles. The van der Waals surface area contributed by atoms with E-state index in [9.17, 15) is 30.8 Å². The highest BCUT2D eigenvalue weighted by Crippen LogP contribution is 2.42. The van der Waals surface area contributed by atoms with Crippen LogP contribution in [0, 0.1) is 5.82 Å². The normalized spacial score (nSPS) is 16.7. The van der Waals surface area contributed by atoms with Crippen molar-refractivity contribution in [2.45, 2.75) is 36.4 Å². The van der Waals surface area contributed by atoms with Crippen molar-refractivity contribution in [1.82, 2.24) is 4.31 Å². The van der Waals surface area contributed by atoms with Crippen molar-refractivity contribution in [1.29, 1.82) is 0 Å². The van der Waals surface area contributed by atoms with E-state index < -0.39 is 51.1 Å². The zero-order chi connectivity index (χ0) is 23.8. The number of carboxylic acids is 1. The zero-order valence-electron chi connectivity index (χ0n) is 16.6. The number of benzene rings is 2. The summed E-state index contributed by atoms with van der Waals surface area (Å²) in [6.07, 6.45) is -3.53. The molecule has 2 aromatic rings. The first-order chi connectivity index (χ1) is 14.8. The van der Waals surface area contributed by atoms with Gasteiger partial charge in [-0.1, -0.05) is 15.9 Å². The Morgan fingerprint density at radius 1 is 1.25 bits per heavy atom. The standard InChI is InChI=1S/C20H18BrF4NO5S/c1-26(32(29,30)14-6-11(20(23,24)25)5-13(22)9-14)17-4-2-3-15-16(17)7-12(21)8-18(15)31-10-19(27)28/h5-9,17H,2-4,10H2,1H3,(H,27,28). The van der Waals surface area contributed by atoms with Gasteiger partial charge in [-0.25, -0.2) is 17.6 Å². The second-order valence-corrected chi connectivity index (χ2v) is 10.2. The van der Waals surface area contributed by atoms with Crippen molar-refractivity contribution in [2.24, 2.45) is 0 Å². The van der Waals surface area contributed by atoms with Gasteiger partial charge in [0.2, 0.25) is 10.0 Å². The van der Waals surface area contributed by atoms with E-state index in [0.717, 1.165) is 4.31 Å². The minimum atomic E-state index is -4.91. The summed E-state index contributed by atoms with van der Waals surface area (Å²) in [4.78, 5) is 10.1. The van der Waals surface area contributed by atoms with Crippen molar-refractivity contribution in [2.75, 3.05) is 13.7 Å². The van der Waals surface area contributed by atoms with Crippen LogP contribution in [-0.4, -0.2) is 37.5 Å². The van der Waals surface area contributed by atoms with Gasteiger partial charge in [0.05, 0.1) is 16.5 Å². The molecule has 0 radical (unpaired) electrons. The summed E-state index contributed by atoms with van der Waals surface area (Å²) >= 11 is 3.29. The molecule has 12 heteroatoms. The summed E-state index contributed by atoms with van der Waals surface area (Å²) in [5.41, 5.74) is -0.256. The summed E-state index contributed by atoms with van der Waals surface area (Å²) in [6, 6.07) is 3.64. The maximum Gasteiger partial charge on any atom is 0.416 e. The van der Waals surface area contributed by atoms with Crippen LogP contribution in [0.2, 0.25) is 0 Å². The quantitative estimate of drug-likeness (QED) is 0.534. The van der Waals surface area contributed by atoms with Crippen molar-refractivity contribution >= 4 is 31.9 Å². The maximum atomic E-state index is 13.8. The molecule has 0 amide bonds. The third-order valence-corrected chi connectivity index (χ3v) is 7.44. The first-order valence-electron chi connectivity index (χ1n) is 9.33. The summed E-state index contributed by atoms with van der Waals surface area (Å²) in [5.74, 6) is -2.22. The molecule has 0 bridgehead atoms. The van der Waals surface area contributed by atoms with Crippen LogP contribution in [0.4, 0.5) is 17.6 Å². The van der Waals surface area contributed by atoms with Crippen LogP contribution >= 0.6 is 15.9 Å². The van der Waals surface area contributed by atoms with E-state index in [-0.39, 0.29) is 11.8 Å². The van der Waals surface area contributed by atoms with Crippen LogP contribution < -0.4 is 4.74 Å². The van der Waals surface area contributed by atoms with Gasteiger partial charge in [-0.2, -0.15) is 17.5 Å². The lowest BCUT2D eigenvalue weighted by atomic mass is 9.87. The zero-order valence-corrected chi connectivity index (χ0v) is 19.0. The molecule has 0 saturated heterocycles. The lowest BCUT2D eigenvalue weighted by Gasteiger charge is -2.33. The topological polar surface area (TPSA) is 83.9 Å². The van der Waals surface area contributed by atoms with Crippen molar-refractivity contribution in [3.8, 4) is 5.75 Å². The van der Waals surface area contributed by atoms with Crippen LogP contribution in [0.25, 0.3) is 0 Å². The van der Waals surface area contributed by atoms with Gasteiger partial charge in [0.25, 0.3) is 0 Å². The van der Waals surface area contributed by atoms with E-state index in [1.807, 2.05) is 0 Å². The molecule has 0 fully saturated rings. The van der Waals surface area contributed by atoms with Gasteiger partial charge in [-0.05, 0) is 60.7 Å². The smallest absolute Gasteiger partial charge is 0.416 e. The van der Waals surface area contributed by atoms with E-state index in [1.54, 1.807) is 12.1 Å². The van der Waals surface area contributed by atoms with Crippen LogP contribution in [0.1, 0.15) is 35.6 Å². The average molecular weight is 540 g/mol. The van der Waals surface area contributed by atoms with Crippen molar-refractivity contribution < 1.29 is 40.6 Å². The van der Waals surface area contributed by atoms with Gasteiger partial charge in [0.15, 0.2) is 6.61 Å². The Balaban J connectivity index is 2.04. The molecule has 174 valence electrons. The predicted octanol–water partition coefficient (Wildman–Crippen LogP) is 4.77. The molecule has 0 heterocycles. The fourth-order valence-corrected chi connectivity index (χ4v) is 5.56. The Morgan fingerprint density at radius 3 is 2.56 bits per heavy atom. The van der Waals surface area contributed by atoms with Gasteiger partial charge in [0.1, 0.15) is 11.6 Å². The Bertz CT molecular complexity index is 1150. The highest BCUT2D eigenvalue weighted by molar-refractivity contribution is 9.10. The number of hydrogen-bond acceptors (Lipinski definition) is 4. The second-order valence-electron chi connectivity index (χ2n) is 7.26. The number of rotatable bonds is 6. The third-order valence-electron chi connectivity index (χ3n) is 5.14. The fraction of sp³-hybridized carbons (Fsp3) is 0.350. The van der Waals surface area contributed by atoms with E-state index in [1.165, 1.54) is 7.05 Å². The lowest BCUT2D eigenvalue weighted by molar-refractivity contribution is -0.139. The van der Waals surface area contributed by atoms with Crippen LogP contribution in [-0.2, 0) is 27.4 Å². The Hall–Kier alpha value is -2.18. The Morgan fingerprint density at radius 2 is 1.94 bits per heavy atom. The van der Waals surface area contributed by atoms with Crippen LogP contribution in [0.5, 0.6) is 5.75 Å². The first-order valence-corrected chi connectivity index (χ1v) is 11.6. The molecule has 1 unspecified atom stereocenters. The number of fused-ring (bicyclic) bond motifs is 1. The first kappa shape index (κ1) is 24.5. The number of carboxylic acid groups (broad SMARTS) is 1. The lowest BCUT2D eigenvalue weighted by Crippen LogP contribution is -2.34. The fourth-order valence-electron chi connectivity index (χ4n) is 3.68. The van der Waals surface area contributed by atoms with Crippen LogP contribution in [0.15, 0.2) is 39.7 Å². The predicted molar refractivity (Wildman–Crippen MR) is 109 cm³/mol. The number of halogens is 5. The van der Waals surface area contributed by atoms with E-state index >= 15 is 0 Å². The van der Waals surface area contributed by atoms with Crippen molar-refractivity contribution in [3.63, 3.8) is 0 Å². The molecule has 1 atom stereocenters. The number of sulfonamides is 1. The van der Waals surface area contributed by atoms with Gasteiger partial charge < -0.3 is 9.84 Å². The number of hydrogen-bond donors (Lipinski definition) is 1. The summed E-state index contributed by atoms with van der Waals surface area (Å²) < 4.78 is 86.1. The molecular weight excluding hydrogens is 522 g/mol. The van der Waals surface area contributed by atoms with Crippen LogP contribution in [0.3, 0.4) is 0 Å². The molecular formula is C20H18BrF4NO5S. The summed E-state index contributed by atoms with van der Waals surface area (Å²) in [6.45, 7) is -0.592. The number of nitrogens with zero attached hydrogens (tertiary/aromatic N) is 1. The number of ether oxygens (including phenoxy) is 1. The van der Waals surface area contributed by atoms with E-state index in [0.29, 0.717) is 47.0 Å². The highest BCUT2D eigenvalue weighted by Gasteiger charge is 2.37. The number of alkyl halides is 3. The Kier molecular flexibility index (Phi) is 6.87. The Labute approximate surface area is 190 Å². The number of aliphatic carboxylic acids is 1. The molecule has 32 heavy (non-hydrogen) atoms. The van der Waals surface area contributed by atoms with E-state index in [2.05, 4.69) is 15.9 Å². The SMILES string of the molecule is CN(C1CCCc2c(OCC(=O)O)cc(Br)cc21)S(=O)(=O)c1cc(F)cc(C(F)(F)F)c1. The van der Waals surface area contributed by atoms with Gasteiger partial charge in [-0.15, -0.1) is 0 Å². The van der Waals surface area contributed by atoms with E-state index in [4.69, 9.17) is 9.84 Å². The van der Waals surface area contributed by atoms with Gasteiger partial charge in [-0.3, -0.25) is 0 Å². The molecule has 2 aromatic carbocycles. The molecule has 0 aliphatic heterocycles. The minimum absolute atomic E-state index is 0.234. The molecule has 1 aliphatic rings. The summed E-state index contributed by atoms with van der Waals surface area (Å²) in [7, 11) is -3.28. The molecule has 0 spiro atoms. The molecule has 6 nitrogen and oxygen atoms in total. The third kappa shape index (κ3) is 5.07. The number of carbonyl (C=O) groups is 1. The maximum absolute atomic E-state index is 13.8. The average Bonchev–Trinajstić information content (AvgIpc) is 2.69. The molecule has 3 rings (SSSR count). The van der Waals surface area contributed by atoms with Crippen molar-refractivity contribution in [3.05, 3.63) is 57.3 Å². The molecule has 1 N–H and O–H groups in total. The monoisotopic (exact) mass is 539 g/mol. The molecule has 1 aliphatic carbocycles. The van der Waals surface area contributed by atoms with Gasteiger partial charge in [0, 0.05) is 11.5 Å². The largest absolute Gasteiger partial charge is 0.482 e. The summed E-state index contributed by atoms with van der Waals surface area (Å²) in [5, 5.41) is 8.89.